The van der Waals surface area contributed by atoms with Crippen molar-refractivity contribution < 1.29 is 32.8 Å². The minimum Gasteiger partial charge on any atom is -0.147 e. The van der Waals surface area contributed by atoms with Crippen LogP contribution in [-0.2, 0) is 23.2 Å². The zero-order valence-corrected chi connectivity index (χ0v) is 26.8. The summed E-state index contributed by atoms with van der Waals surface area (Å²) in [4.78, 5) is 23.1. The Hall–Kier alpha value is 0.433. The zero-order valence-electron chi connectivity index (χ0n) is 17.7. The maximum Gasteiger partial charge on any atom is -0.147 e. The average Bonchev–Trinajstić information content (AvgIpc) is 3.20. The minimum atomic E-state index is -1.72. The Labute approximate surface area is 204 Å². The molecule has 0 atom stereocenters. The molecule has 0 fully saturated rings. The Kier molecular flexibility index (Phi) is 15.8. The molecule has 0 aromatic rings. The first-order valence-corrected chi connectivity index (χ1v) is 21.5. The number of amides is 2. The van der Waals surface area contributed by atoms with Gasteiger partial charge in [0.25, 0.3) is 0 Å². The second-order valence-corrected chi connectivity index (χ2v) is 24.4. The van der Waals surface area contributed by atoms with Gasteiger partial charge in [0.2, 0.25) is 0 Å². The predicted molar refractivity (Wildman–Crippen MR) is 129 cm³/mol. The summed E-state index contributed by atoms with van der Waals surface area (Å²) in [7, 11) is -3.44. The van der Waals surface area contributed by atoms with E-state index in [1.54, 1.807) is 6.56 Å². The van der Waals surface area contributed by atoms with Crippen molar-refractivity contribution in [2.45, 2.75) is 52.1 Å². The molecule has 0 saturated heterocycles. The third kappa shape index (κ3) is 12.9. The van der Waals surface area contributed by atoms with Gasteiger partial charge in [0.15, 0.2) is 0 Å². The van der Waals surface area contributed by atoms with Crippen LogP contribution in [0.4, 0.5) is 9.59 Å². The normalized spacial score (nSPS) is 14.4. The molecule has 0 radical (unpaired) electrons. The molecule has 156 valence electrons. The molecule has 2 aliphatic rings. The molecule has 2 rings (SSSR count). The summed E-state index contributed by atoms with van der Waals surface area (Å²) in [5.41, 5.74) is 0.330. The van der Waals surface area contributed by atoms with Crippen LogP contribution in [0.15, 0.2) is 43.0 Å². The standard InChI is InChI=1S/2C5H5.2C4H11NOSi.2ClH.Ga.Zr.H/c2*1-2-4-5-3-1;2*1-7(2,3)4(5)6;;;;;/h2*1-3H,4H2;2*1-3H3,(H2,5,6);2*1H;;;/q;;;;;;+2;;/p-2. The molecule has 0 spiro atoms. The summed E-state index contributed by atoms with van der Waals surface area (Å²) in [6.45, 7) is 12.0. The van der Waals surface area contributed by atoms with Crippen LogP contribution < -0.4 is 8.05 Å². The average molecular weight is 597 g/mol. The fourth-order valence-electron chi connectivity index (χ4n) is 2.02. The predicted octanol–water partition coefficient (Wildman–Crippen LogP) is 5.11. The van der Waals surface area contributed by atoms with Crippen LogP contribution in [0.5, 0.6) is 0 Å². The van der Waals surface area contributed by atoms with E-state index in [4.69, 9.17) is 0 Å². The Bertz CT molecular complexity index is 601. The number of carbonyl (C=O) groups excluding carboxylic acids is 2. The first kappa shape index (κ1) is 30.6. The third-order valence-electron chi connectivity index (χ3n) is 3.72. The number of allylic oxidation sites excluding steroid dienone is 8. The Morgan fingerprint density at radius 3 is 1.43 bits per heavy atom. The maximum absolute atomic E-state index is 11.6. The number of hydrogen-bond acceptors (Lipinski definition) is 2. The van der Waals surface area contributed by atoms with E-state index in [2.05, 4.69) is 44.5 Å². The van der Waals surface area contributed by atoms with Crippen LogP contribution in [0.2, 0.25) is 39.3 Å². The van der Waals surface area contributed by atoms with E-state index in [-0.39, 0.29) is 59.1 Å². The summed E-state index contributed by atoms with van der Waals surface area (Å²) in [5.74, 6) is 0. The number of rotatable bonds is 6. The molecule has 2 N–H and O–H groups in total. The van der Waals surface area contributed by atoms with Crippen molar-refractivity contribution >= 4 is 69.9 Å². The van der Waals surface area contributed by atoms with E-state index in [9.17, 15) is 9.59 Å². The van der Waals surface area contributed by atoms with Gasteiger partial charge < -0.3 is 0 Å². The second-order valence-electron chi connectivity index (χ2n) is 8.46. The molecule has 0 aromatic carbocycles. The molecule has 0 aromatic heterocycles. The van der Waals surface area contributed by atoms with E-state index in [0.717, 1.165) is 0 Å². The number of halogens is 2. The smallest absolute Gasteiger partial charge is 0.147 e. The largest absolute Gasteiger partial charge is 0.147 e. The quantitative estimate of drug-likeness (QED) is 0.419. The van der Waals surface area contributed by atoms with Crippen molar-refractivity contribution in [1.29, 1.82) is 0 Å². The van der Waals surface area contributed by atoms with Crippen molar-refractivity contribution in [3.63, 3.8) is 0 Å². The van der Waals surface area contributed by atoms with E-state index >= 15 is 0 Å². The van der Waals surface area contributed by atoms with Crippen LogP contribution >= 0.6 is 24.8 Å². The van der Waals surface area contributed by atoms with Gasteiger partial charge >= 0.3 is 181 Å². The second kappa shape index (κ2) is 14.4. The van der Waals surface area contributed by atoms with E-state index in [1.807, 2.05) is 39.3 Å². The molecule has 10 heteroatoms. The summed E-state index contributed by atoms with van der Waals surface area (Å²) in [6.07, 6.45) is 16.0. The van der Waals surface area contributed by atoms with Crippen LogP contribution in [0, 0.1) is 0 Å². The van der Waals surface area contributed by atoms with Gasteiger partial charge in [-0.2, -0.15) is 0 Å². The zero-order chi connectivity index (χ0) is 19.8. The Morgan fingerprint density at radius 2 is 1.18 bits per heavy atom. The van der Waals surface area contributed by atoms with Gasteiger partial charge in [0, 0.05) is 0 Å². The summed E-state index contributed by atoms with van der Waals surface area (Å²) < 4.78 is 9.30. The van der Waals surface area contributed by atoms with Crippen LogP contribution in [-0.4, -0.2) is 45.1 Å². The van der Waals surface area contributed by atoms with Crippen molar-refractivity contribution in [3.8, 4) is 0 Å². The van der Waals surface area contributed by atoms with Crippen LogP contribution in [0.25, 0.3) is 0 Å². The third-order valence-corrected chi connectivity index (χ3v) is 13.8. The fourth-order valence-corrected chi connectivity index (χ4v) is 14.5. The summed E-state index contributed by atoms with van der Waals surface area (Å²) in [5, 5.41) is 0. The molecule has 4 nitrogen and oxygen atoms in total. The Balaban J connectivity index is 0. The first-order valence-electron chi connectivity index (χ1n) is 9.05. The van der Waals surface area contributed by atoms with Crippen molar-refractivity contribution in [1.82, 2.24) is 8.05 Å². The molecule has 0 aliphatic heterocycles. The molecule has 2 aliphatic carbocycles. The van der Waals surface area contributed by atoms with Gasteiger partial charge in [0.1, 0.15) is 0 Å². The fraction of sp³-hybridized carbons (Fsp3) is 0.444. The molecule has 28 heavy (non-hydrogen) atoms. The molecular weight excluding hydrogens is 564 g/mol. The molecule has 0 bridgehead atoms. The van der Waals surface area contributed by atoms with E-state index in [1.165, 1.54) is 12.8 Å². The van der Waals surface area contributed by atoms with E-state index < -0.39 is 34.0 Å². The SMILES string of the molecule is C1=CC[C]([Zr][C]2=CC=CC2)=C1.C[Si](C)(C)C(=O)[NH][GaH][NH]C(=O)[Si](C)(C)C.Cl.Cl. The summed E-state index contributed by atoms with van der Waals surface area (Å²) in [6, 6.07) is 0. The molecular formula is C18H33Cl2GaN2O2Si2Zr. The van der Waals surface area contributed by atoms with Gasteiger partial charge in [-0.15, -0.1) is 24.8 Å². The molecule has 0 heterocycles. The van der Waals surface area contributed by atoms with Crippen molar-refractivity contribution in [3.05, 3.63) is 43.0 Å². The minimum absolute atomic E-state index is 0. The van der Waals surface area contributed by atoms with Gasteiger partial charge in [-0.05, 0) is 0 Å². The molecule has 0 unspecified atom stereocenters. The topological polar surface area (TPSA) is 58.2 Å². The van der Waals surface area contributed by atoms with Crippen LogP contribution in [0.3, 0.4) is 0 Å². The van der Waals surface area contributed by atoms with Crippen molar-refractivity contribution in [2.24, 2.45) is 0 Å². The van der Waals surface area contributed by atoms with Gasteiger partial charge in [0.05, 0.1) is 0 Å². The van der Waals surface area contributed by atoms with E-state index in [0.29, 0.717) is 0 Å². The van der Waals surface area contributed by atoms with Gasteiger partial charge in [-0.3, -0.25) is 0 Å². The van der Waals surface area contributed by atoms with Crippen LogP contribution in [0.1, 0.15) is 12.8 Å². The molecule has 0 saturated carbocycles. The van der Waals surface area contributed by atoms with Gasteiger partial charge in [-0.1, -0.05) is 0 Å². The monoisotopic (exact) mass is 594 g/mol. The Morgan fingerprint density at radius 1 is 0.821 bits per heavy atom. The van der Waals surface area contributed by atoms with Gasteiger partial charge in [-0.25, -0.2) is 0 Å². The number of hydrogen-bond donors (Lipinski definition) is 2. The molecule has 2 amide bonds. The summed E-state index contributed by atoms with van der Waals surface area (Å²) >= 11 is -1.71. The number of nitrogens with one attached hydrogen (secondary N) is 2. The van der Waals surface area contributed by atoms with Crippen molar-refractivity contribution in [2.75, 3.05) is 0 Å². The number of carbonyl (C=O) groups is 2. The maximum atomic E-state index is 11.6. The first-order chi connectivity index (χ1) is 12.0.